The summed E-state index contributed by atoms with van der Waals surface area (Å²) in [6.45, 7) is 6.11. The molecule has 1 heterocycles. The molecule has 0 aromatic rings. The zero-order valence-electron chi connectivity index (χ0n) is 11.3. The van der Waals surface area contributed by atoms with Crippen molar-refractivity contribution in [3.05, 3.63) is 11.3 Å². The molecule has 18 heavy (non-hydrogen) atoms. The number of urea groups is 1. The summed E-state index contributed by atoms with van der Waals surface area (Å²) in [4.78, 5) is 23.5. The average Bonchev–Trinajstić information content (AvgIpc) is 2.35. The van der Waals surface area contributed by atoms with Crippen LogP contribution in [0.5, 0.6) is 0 Å². The zero-order valence-corrected chi connectivity index (χ0v) is 11.3. The molecule has 0 bridgehead atoms. The highest BCUT2D eigenvalue weighted by atomic mass is 16.5. The topological polar surface area (TPSA) is 67.4 Å². The number of hydrogen-bond acceptors (Lipinski definition) is 3. The van der Waals surface area contributed by atoms with Crippen molar-refractivity contribution in [2.24, 2.45) is 0 Å². The monoisotopic (exact) mass is 254 g/mol. The molecule has 1 aliphatic rings. The molecule has 5 nitrogen and oxygen atoms in total. The second-order valence-corrected chi connectivity index (χ2v) is 4.26. The van der Waals surface area contributed by atoms with Gasteiger partial charge in [-0.25, -0.2) is 9.59 Å². The lowest BCUT2D eigenvalue weighted by Crippen LogP contribution is -2.50. The van der Waals surface area contributed by atoms with Crippen molar-refractivity contribution in [3.63, 3.8) is 0 Å². The van der Waals surface area contributed by atoms with Crippen molar-refractivity contribution in [2.75, 3.05) is 6.61 Å². The second kappa shape index (κ2) is 7.03. The summed E-state index contributed by atoms with van der Waals surface area (Å²) in [7, 11) is 0. The second-order valence-electron chi connectivity index (χ2n) is 4.26. The Hall–Kier alpha value is -1.52. The maximum absolute atomic E-state index is 12.0. The molecule has 0 radical (unpaired) electrons. The smallest absolute Gasteiger partial charge is 0.337 e. The fraction of sp³-hybridized carbons (Fsp3) is 0.692. The number of carbonyl (C=O) groups excluding carboxylic acids is 2. The predicted molar refractivity (Wildman–Crippen MR) is 68.9 cm³/mol. The molecule has 102 valence electrons. The number of hydrogen-bond donors (Lipinski definition) is 2. The normalized spacial score (nSPS) is 19.3. The van der Waals surface area contributed by atoms with Crippen LogP contribution in [-0.4, -0.2) is 24.6 Å². The van der Waals surface area contributed by atoms with Crippen LogP contribution in [0.1, 0.15) is 46.5 Å². The molecule has 2 amide bonds. The molecule has 2 N–H and O–H groups in total. The van der Waals surface area contributed by atoms with Gasteiger partial charge in [-0.3, -0.25) is 0 Å². The van der Waals surface area contributed by atoms with Crippen LogP contribution < -0.4 is 10.6 Å². The van der Waals surface area contributed by atoms with Crippen molar-refractivity contribution in [1.29, 1.82) is 0 Å². The van der Waals surface area contributed by atoms with Crippen molar-refractivity contribution in [3.8, 4) is 0 Å². The molecule has 0 saturated heterocycles. The molecule has 0 fully saturated rings. The molecular formula is C13H22N2O3. The molecule has 0 spiro atoms. The van der Waals surface area contributed by atoms with E-state index in [1.165, 1.54) is 0 Å². The van der Waals surface area contributed by atoms with Gasteiger partial charge in [-0.2, -0.15) is 0 Å². The third kappa shape index (κ3) is 3.48. The average molecular weight is 254 g/mol. The van der Waals surface area contributed by atoms with Crippen LogP contribution in [0.25, 0.3) is 0 Å². The number of esters is 1. The number of ether oxygens (including phenoxy) is 1. The Labute approximate surface area is 108 Å². The van der Waals surface area contributed by atoms with E-state index in [1.807, 2.05) is 6.92 Å². The maximum Gasteiger partial charge on any atom is 0.337 e. The standard InChI is InChI=1S/C13H22N2O3/c1-4-7-8-10-11(12(16)18-6-3)9(5-2)14-13(17)15-10/h10H,4-8H2,1-3H3,(H2,14,15,17). The summed E-state index contributed by atoms with van der Waals surface area (Å²) in [5, 5.41) is 5.49. The van der Waals surface area contributed by atoms with Gasteiger partial charge in [-0.1, -0.05) is 26.7 Å². The lowest BCUT2D eigenvalue weighted by Gasteiger charge is -2.28. The van der Waals surface area contributed by atoms with Gasteiger partial charge < -0.3 is 15.4 Å². The van der Waals surface area contributed by atoms with E-state index in [2.05, 4.69) is 17.6 Å². The van der Waals surface area contributed by atoms with Crippen LogP contribution in [0.4, 0.5) is 4.79 Å². The van der Waals surface area contributed by atoms with Gasteiger partial charge in [0.15, 0.2) is 0 Å². The Morgan fingerprint density at radius 2 is 2.06 bits per heavy atom. The molecule has 1 atom stereocenters. The number of unbranched alkanes of at least 4 members (excludes halogenated alkanes) is 1. The van der Waals surface area contributed by atoms with Gasteiger partial charge in [0.05, 0.1) is 18.2 Å². The van der Waals surface area contributed by atoms with Gasteiger partial charge in [-0.15, -0.1) is 0 Å². The van der Waals surface area contributed by atoms with E-state index in [4.69, 9.17) is 4.74 Å². The van der Waals surface area contributed by atoms with Crippen molar-refractivity contribution in [1.82, 2.24) is 10.6 Å². The third-order valence-corrected chi connectivity index (χ3v) is 2.94. The van der Waals surface area contributed by atoms with Gasteiger partial charge in [-0.05, 0) is 19.8 Å². The highest BCUT2D eigenvalue weighted by Gasteiger charge is 2.31. The van der Waals surface area contributed by atoms with Crippen LogP contribution >= 0.6 is 0 Å². The van der Waals surface area contributed by atoms with Crippen molar-refractivity contribution < 1.29 is 14.3 Å². The van der Waals surface area contributed by atoms with E-state index < -0.39 is 0 Å². The summed E-state index contributed by atoms with van der Waals surface area (Å²) < 4.78 is 5.07. The minimum Gasteiger partial charge on any atom is -0.463 e. The first-order valence-corrected chi connectivity index (χ1v) is 6.61. The van der Waals surface area contributed by atoms with Gasteiger partial charge in [0.2, 0.25) is 0 Å². The highest BCUT2D eigenvalue weighted by molar-refractivity contribution is 5.94. The quantitative estimate of drug-likeness (QED) is 0.713. The van der Waals surface area contributed by atoms with E-state index in [9.17, 15) is 9.59 Å². The summed E-state index contributed by atoms with van der Waals surface area (Å²) in [6, 6.07) is -0.464. The largest absolute Gasteiger partial charge is 0.463 e. The number of amides is 2. The van der Waals surface area contributed by atoms with Gasteiger partial charge >= 0.3 is 12.0 Å². The lowest BCUT2D eigenvalue weighted by atomic mass is 9.96. The third-order valence-electron chi connectivity index (χ3n) is 2.94. The molecule has 1 unspecified atom stereocenters. The number of nitrogens with one attached hydrogen (secondary N) is 2. The van der Waals surface area contributed by atoms with Crippen molar-refractivity contribution >= 4 is 12.0 Å². The molecule has 0 aliphatic carbocycles. The Morgan fingerprint density at radius 3 is 2.61 bits per heavy atom. The van der Waals surface area contributed by atoms with Crippen LogP contribution in [0.15, 0.2) is 11.3 Å². The first kappa shape index (κ1) is 14.5. The molecule has 5 heteroatoms. The maximum atomic E-state index is 12.0. The van der Waals surface area contributed by atoms with Gasteiger partial charge in [0.25, 0.3) is 0 Å². The minimum absolute atomic E-state index is 0.229. The van der Waals surface area contributed by atoms with E-state index in [0.29, 0.717) is 24.3 Å². The number of rotatable bonds is 6. The molecule has 1 rings (SSSR count). The Balaban J connectivity index is 2.96. The van der Waals surface area contributed by atoms with Crippen LogP contribution in [0.3, 0.4) is 0 Å². The Bertz CT molecular complexity index is 350. The summed E-state index contributed by atoms with van der Waals surface area (Å²) in [5.74, 6) is -0.331. The Kier molecular flexibility index (Phi) is 5.68. The van der Waals surface area contributed by atoms with Crippen LogP contribution in [0, 0.1) is 0 Å². The predicted octanol–water partition coefficient (Wildman–Crippen LogP) is 2.09. The van der Waals surface area contributed by atoms with Crippen molar-refractivity contribution in [2.45, 2.75) is 52.5 Å². The van der Waals surface area contributed by atoms with E-state index in [-0.39, 0.29) is 18.0 Å². The fourth-order valence-corrected chi connectivity index (χ4v) is 2.06. The summed E-state index contributed by atoms with van der Waals surface area (Å²) in [6.07, 6.45) is 3.37. The Morgan fingerprint density at radius 1 is 1.33 bits per heavy atom. The van der Waals surface area contributed by atoms with Crippen LogP contribution in [-0.2, 0) is 9.53 Å². The zero-order chi connectivity index (χ0) is 13.5. The molecule has 0 aromatic carbocycles. The number of carbonyl (C=O) groups is 2. The molecule has 1 aliphatic heterocycles. The molecule has 0 saturated carbocycles. The summed E-state index contributed by atoms with van der Waals surface area (Å²) >= 11 is 0. The molecular weight excluding hydrogens is 232 g/mol. The molecule has 0 aromatic heterocycles. The van der Waals surface area contributed by atoms with E-state index >= 15 is 0 Å². The summed E-state index contributed by atoms with van der Waals surface area (Å²) in [5.41, 5.74) is 1.26. The van der Waals surface area contributed by atoms with E-state index in [0.717, 1.165) is 19.3 Å². The minimum atomic E-state index is -0.331. The fourth-order valence-electron chi connectivity index (χ4n) is 2.06. The first-order chi connectivity index (χ1) is 8.63. The van der Waals surface area contributed by atoms with E-state index in [1.54, 1.807) is 6.92 Å². The SMILES string of the molecule is CCCCC1NC(=O)NC(CC)=C1C(=O)OCC. The van der Waals surface area contributed by atoms with Crippen LogP contribution in [0.2, 0.25) is 0 Å². The number of allylic oxidation sites excluding steroid dienone is 1. The van der Waals surface area contributed by atoms with Gasteiger partial charge in [0, 0.05) is 5.70 Å². The first-order valence-electron chi connectivity index (χ1n) is 6.61. The van der Waals surface area contributed by atoms with Gasteiger partial charge in [0.1, 0.15) is 0 Å². The highest BCUT2D eigenvalue weighted by Crippen LogP contribution is 2.20. The lowest BCUT2D eigenvalue weighted by molar-refractivity contribution is -0.139.